The van der Waals surface area contributed by atoms with Crippen LogP contribution >= 0.6 is 0 Å². The Hall–Kier alpha value is -3.17. The van der Waals surface area contributed by atoms with E-state index in [0.717, 1.165) is 73.9 Å². The third-order valence-corrected chi connectivity index (χ3v) is 7.88. The molecule has 2 atom stereocenters. The van der Waals surface area contributed by atoms with E-state index in [4.69, 9.17) is 23.7 Å². The highest BCUT2D eigenvalue weighted by Gasteiger charge is 2.27. The van der Waals surface area contributed by atoms with Gasteiger partial charge in [-0.2, -0.15) is 0 Å². The second-order valence-electron chi connectivity index (χ2n) is 10.8. The number of ether oxygens (including phenoxy) is 5. The Kier molecular flexibility index (Phi) is 11.5. The Morgan fingerprint density at radius 2 is 1.88 bits per heavy atom. The molecule has 226 valence electrons. The number of hydrogen-bond donors (Lipinski definition) is 1. The minimum absolute atomic E-state index is 0.0853. The monoisotopic (exact) mass is 578 g/mol. The second kappa shape index (κ2) is 15.9. The number of rotatable bonds is 15. The molecule has 1 N–H and O–H groups in total. The average molecular weight is 579 g/mol. The number of hydrogen-bond acceptors (Lipinski definition) is 7. The van der Waals surface area contributed by atoms with Crippen LogP contribution in [0.5, 0.6) is 11.5 Å². The van der Waals surface area contributed by atoms with Gasteiger partial charge in [-0.25, -0.2) is 4.39 Å². The van der Waals surface area contributed by atoms with Crippen LogP contribution in [-0.4, -0.2) is 72.4 Å². The molecule has 2 aliphatic rings. The van der Waals surface area contributed by atoms with Gasteiger partial charge >= 0.3 is 0 Å². The third-order valence-electron chi connectivity index (χ3n) is 7.88. The van der Waals surface area contributed by atoms with Crippen molar-refractivity contribution >= 4 is 5.69 Å². The van der Waals surface area contributed by atoms with Gasteiger partial charge in [-0.1, -0.05) is 30.3 Å². The first-order valence-electron chi connectivity index (χ1n) is 15.1. The normalized spacial score (nSPS) is 18.4. The Balaban J connectivity index is 1.09. The zero-order valence-electron chi connectivity index (χ0n) is 24.6. The molecule has 2 heterocycles. The highest BCUT2D eigenvalue weighted by atomic mass is 19.1. The first-order chi connectivity index (χ1) is 20.7. The molecule has 0 unspecified atom stereocenters. The van der Waals surface area contributed by atoms with E-state index >= 15 is 0 Å². The van der Waals surface area contributed by atoms with Crippen molar-refractivity contribution < 1.29 is 28.1 Å². The molecule has 1 saturated heterocycles. The molecule has 0 bridgehead atoms. The fourth-order valence-electron chi connectivity index (χ4n) is 5.64. The van der Waals surface area contributed by atoms with Crippen LogP contribution in [-0.2, 0) is 27.2 Å². The highest BCUT2D eigenvalue weighted by molar-refractivity contribution is 5.61. The number of piperidine rings is 1. The average Bonchev–Trinajstić information content (AvgIpc) is 3.02. The van der Waals surface area contributed by atoms with Crippen molar-refractivity contribution in [2.24, 2.45) is 0 Å². The van der Waals surface area contributed by atoms with E-state index in [1.54, 1.807) is 19.2 Å². The van der Waals surface area contributed by atoms with Gasteiger partial charge in [0.25, 0.3) is 0 Å². The number of anilines is 1. The summed E-state index contributed by atoms with van der Waals surface area (Å²) in [4.78, 5) is 2.38. The summed E-state index contributed by atoms with van der Waals surface area (Å²) in [5.74, 6) is 1.87. The summed E-state index contributed by atoms with van der Waals surface area (Å²) in [6, 6.07) is 21.4. The van der Waals surface area contributed by atoms with Gasteiger partial charge in [-0.3, -0.25) is 0 Å². The number of benzene rings is 3. The molecule has 5 rings (SSSR count). The minimum Gasteiger partial charge on any atom is -0.491 e. The maximum absolute atomic E-state index is 13.3. The molecule has 2 aliphatic heterocycles. The smallest absolute Gasteiger partial charge is 0.142 e. The Bertz CT molecular complexity index is 1240. The number of halogens is 1. The Morgan fingerprint density at radius 3 is 2.74 bits per heavy atom. The Morgan fingerprint density at radius 1 is 0.976 bits per heavy atom. The maximum Gasteiger partial charge on any atom is 0.142 e. The summed E-state index contributed by atoms with van der Waals surface area (Å²) in [6.07, 6.45) is 2.78. The van der Waals surface area contributed by atoms with Crippen LogP contribution in [0.15, 0.2) is 66.7 Å². The molecular weight excluding hydrogens is 535 g/mol. The molecule has 0 aromatic heterocycles. The Labute approximate surface area is 248 Å². The molecule has 0 saturated carbocycles. The largest absolute Gasteiger partial charge is 0.491 e. The van der Waals surface area contributed by atoms with E-state index in [-0.39, 0.29) is 11.9 Å². The molecule has 42 heavy (non-hydrogen) atoms. The molecule has 0 aliphatic carbocycles. The molecule has 1 fully saturated rings. The molecular formula is C34H43FN2O5. The van der Waals surface area contributed by atoms with Crippen molar-refractivity contribution in [3.63, 3.8) is 0 Å². The zero-order valence-corrected chi connectivity index (χ0v) is 24.6. The lowest BCUT2D eigenvalue weighted by molar-refractivity contribution is 0.0106. The van der Waals surface area contributed by atoms with E-state index in [0.29, 0.717) is 45.4 Å². The highest BCUT2D eigenvalue weighted by Crippen LogP contribution is 2.34. The van der Waals surface area contributed by atoms with Crippen LogP contribution in [0.3, 0.4) is 0 Å². The van der Waals surface area contributed by atoms with E-state index in [1.807, 2.05) is 18.2 Å². The third kappa shape index (κ3) is 8.67. The lowest BCUT2D eigenvalue weighted by atomic mass is 9.87. The van der Waals surface area contributed by atoms with Crippen LogP contribution in [0.4, 0.5) is 10.1 Å². The quantitative estimate of drug-likeness (QED) is 0.244. The second-order valence-corrected chi connectivity index (χ2v) is 10.8. The van der Waals surface area contributed by atoms with E-state index in [1.165, 1.54) is 11.6 Å². The van der Waals surface area contributed by atoms with Crippen molar-refractivity contribution in [2.45, 2.75) is 37.9 Å². The predicted octanol–water partition coefficient (Wildman–Crippen LogP) is 5.36. The predicted molar refractivity (Wildman–Crippen MR) is 162 cm³/mol. The summed E-state index contributed by atoms with van der Waals surface area (Å²) in [6.45, 7) is 7.16. The number of nitrogens with zero attached hydrogens (tertiary/aromatic N) is 1. The minimum atomic E-state index is -0.215. The molecule has 0 amide bonds. The van der Waals surface area contributed by atoms with Crippen LogP contribution in [0, 0.1) is 5.82 Å². The summed E-state index contributed by atoms with van der Waals surface area (Å²) >= 11 is 0. The maximum atomic E-state index is 13.3. The number of nitrogens with one attached hydrogen (secondary N) is 1. The standard InChI is InChI=1S/C34H43FN2O5/c1-38-17-3-15-37-16-19-41-33-11-6-27(23-32(33)37)25-42-34-24-36-14-12-31(34)28-7-9-30(10-8-28)40-21-20-39-18-13-26-4-2-5-29(35)22-26/h2,4-11,22-23,31,34,36H,3,12-21,24-25H2,1H3/t31-,34+/m1/s1. The summed E-state index contributed by atoms with van der Waals surface area (Å²) in [5, 5.41) is 3.50. The van der Waals surface area contributed by atoms with E-state index in [2.05, 4.69) is 40.5 Å². The molecule has 8 heteroatoms. The van der Waals surface area contributed by atoms with Crippen molar-refractivity contribution in [3.8, 4) is 11.5 Å². The fraction of sp³-hybridized carbons (Fsp3) is 0.471. The van der Waals surface area contributed by atoms with E-state index in [9.17, 15) is 4.39 Å². The van der Waals surface area contributed by atoms with Gasteiger partial charge in [0, 0.05) is 32.7 Å². The zero-order chi connectivity index (χ0) is 29.0. The van der Waals surface area contributed by atoms with Crippen LogP contribution in [0.2, 0.25) is 0 Å². The lowest BCUT2D eigenvalue weighted by Gasteiger charge is -2.33. The summed E-state index contributed by atoms with van der Waals surface area (Å²) in [5.41, 5.74) is 4.50. The lowest BCUT2D eigenvalue weighted by Crippen LogP contribution is -2.41. The number of fused-ring (bicyclic) bond motifs is 1. The first kappa shape index (κ1) is 30.3. The van der Waals surface area contributed by atoms with Crippen molar-refractivity contribution in [2.75, 3.05) is 71.2 Å². The molecule has 3 aromatic rings. The van der Waals surface area contributed by atoms with Gasteiger partial charge in [0.2, 0.25) is 0 Å². The summed E-state index contributed by atoms with van der Waals surface area (Å²) < 4.78 is 42.5. The van der Waals surface area contributed by atoms with Gasteiger partial charge in [-0.05, 0) is 78.9 Å². The van der Waals surface area contributed by atoms with Gasteiger partial charge in [0.1, 0.15) is 30.5 Å². The van der Waals surface area contributed by atoms with Crippen molar-refractivity contribution in [1.29, 1.82) is 0 Å². The SMILES string of the molecule is COCCCN1CCOc2ccc(CO[C@H]3CNCC[C@@H]3c3ccc(OCCOCCc4cccc(F)c4)cc3)cc21. The van der Waals surface area contributed by atoms with Gasteiger partial charge in [-0.15, -0.1) is 0 Å². The first-order valence-corrected chi connectivity index (χ1v) is 15.1. The van der Waals surface area contributed by atoms with Gasteiger partial charge in [0.05, 0.1) is 38.2 Å². The van der Waals surface area contributed by atoms with Crippen molar-refractivity contribution in [3.05, 3.63) is 89.2 Å². The van der Waals surface area contributed by atoms with E-state index < -0.39 is 0 Å². The topological polar surface area (TPSA) is 61.4 Å². The van der Waals surface area contributed by atoms with Crippen LogP contribution in [0.25, 0.3) is 0 Å². The molecule has 0 radical (unpaired) electrons. The van der Waals surface area contributed by atoms with Crippen molar-refractivity contribution in [1.82, 2.24) is 5.32 Å². The number of methoxy groups -OCH3 is 1. The molecule has 0 spiro atoms. The summed E-state index contributed by atoms with van der Waals surface area (Å²) in [7, 11) is 1.75. The van der Waals surface area contributed by atoms with Crippen LogP contribution in [0.1, 0.15) is 35.4 Å². The molecule has 7 nitrogen and oxygen atoms in total. The van der Waals surface area contributed by atoms with Crippen LogP contribution < -0.4 is 19.7 Å². The van der Waals surface area contributed by atoms with Gasteiger partial charge in [0.15, 0.2) is 0 Å². The fourth-order valence-corrected chi connectivity index (χ4v) is 5.64. The van der Waals surface area contributed by atoms with Gasteiger partial charge < -0.3 is 33.9 Å². The molecule has 3 aromatic carbocycles.